The summed E-state index contributed by atoms with van der Waals surface area (Å²) in [6.07, 6.45) is 15.9. The number of nitrogens with zero attached hydrogens (tertiary/aromatic N) is 3. The molecule has 0 atom stereocenters. The van der Waals surface area contributed by atoms with Crippen molar-refractivity contribution >= 4 is 11.6 Å². The highest BCUT2D eigenvalue weighted by molar-refractivity contribution is 5.98. The van der Waals surface area contributed by atoms with Gasteiger partial charge >= 0.3 is 0 Å². The first kappa shape index (κ1) is 17.7. The first-order valence-electron chi connectivity index (χ1n) is 8.51. The molecule has 26 heavy (non-hydrogen) atoms. The quantitative estimate of drug-likeness (QED) is 0.868. The summed E-state index contributed by atoms with van der Waals surface area (Å²) in [5, 5.41) is 3.07. The van der Waals surface area contributed by atoms with E-state index in [1.54, 1.807) is 6.33 Å². The van der Waals surface area contributed by atoms with Crippen molar-refractivity contribution in [3.05, 3.63) is 64.9 Å². The molecule has 1 amide bonds. The minimum atomic E-state index is -0.597. The predicted octanol–water partition coefficient (Wildman–Crippen LogP) is 3.30. The zero-order chi connectivity index (χ0) is 18.9. The predicted molar refractivity (Wildman–Crippen MR) is 103 cm³/mol. The summed E-state index contributed by atoms with van der Waals surface area (Å²) in [7, 11) is 0. The fourth-order valence-corrected chi connectivity index (χ4v) is 3.04. The van der Waals surface area contributed by atoms with Crippen LogP contribution in [0.3, 0.4) is 0 Å². The third kappa shape index (κ3) is 3.31. The van der Waals surface area contributed by atoms with Crippen molar-refractivity contribution < 1.29 is 4.79 Å². The number of nitrogens with one attached hydrogen (secondary N) is 1. The molecular formula is C21H22N4O. The number of amides is 1. The van der Waals surface area contributed by atoms with Crippen molar-refractivity contribution in [2.75, 3.05) is 0 Å². The fourth-order valence-electron chi connectivity index (χ4n) is 3.04. The number of aryl methyl sites for hydroxylation is 2. The molecule has 1 aliphatic rings. The number of rotatable bonds is 3. The zero-order valence-corrected chi connectivity index (χ0v) is 15.5. The lowest BCUT2D eigenvalue weighted by molar-refractivity contribution is 0.0922. The average molecular weight is 346 g/mol. The number of hydrogen-bond acceptors (Lipinski definition) is 3. The maximum atomic E-state index is 12.9. The minimum Gasteiger partial charge on any atom is -0.342 e. The maximum Gasteiger partial charge on any atom is 0.274 e. The molecule has 1 N–H and O–H groups in total. The second-order valence-corrected chi connectivity index (χ2v) is 6.95. The van der Waals surface area contributed by atoms with Crippen molar-refractivity contribution in [1.82, 2.24) is 19.7 Å². The van der Waals surface area contributed by atoms with Crippen molar-refractivity contribution in [1.29, 1.82) is 0 Å². The Morgan fingerprint density at radius 3 is 2.88 bits per heavy atom. The van der Waals surface area contributed by atoms with E-state index in [-0.39, 0.29) is 5.91 Å². The molecule has 0 saturated carbocycles. The van der Waals surface area contributed by atoms with E-state index < -0.39 is 5.54 Å². The largest absolute Gasteiger partial charge is 0.342 e. The summed E-state index contributed by atoms with van der Waals surface area (Å²) in [5.74, 6) is 2.40. The van der Waals surface area contributed by atoms with E-state index in [1.165, 1.54) is 0 Å². The Bertz CT molecular complexity index is 1010. The lowest BCUT2D eigenvalue weighted by Crippen LogP contribution is -2.45. The number of allylic oxidation sites excluding steroid dienone is 4. The van der Waals surface area contributed by atoms with Crippen molar-refractivity contribution in [2.45, 2.75) is 39.7 Å². The third-order valence-corrected chi connectivity index (χ3v) is 4.43. The number of terminal acetylenes is 1. The van der Waals surface area contributed by atoms with E-state index in [4.69, 9.17) is 6.42 Å². The first-order valence-corrected chi connectivity index (χ1v) is 8.51. The molecule has 132 valence electrons. The molecule has 0 fully saturated rings. The van der Waals surface area contributed by atoms with Crippen LogP contribution in [0, 0.1) is 26.2 Å². The number of carbonyl (C=O) groups is 1. The molecule has 0 aromatic carbocycles. The molecule has 3 rings (SSSR count). The lowest BCUT2D eigenvalue weighted by Gasteiger charge is -2.27. The van der Waals surface area contributed by atoms with Gasteiger partial charge in [0.15, 0.2) is 11.3 Å². The van der Waals surface area contributed by atoms with Crippen LogP contribution in [-0.2, 0) is 0 Å². The van der Waals surface area contributed by atoms with Crippen molar-refractivity contribution in [3.8, 4) is 12.3 Å². The molecule has 2 heterocycles. The number of fused-ring (bicyclic) bond motifs is 1. The van der Waals surface area contributed by atoms with Gasteiger partial charge in [-0.25, -0.2) is 9.97 Å². The molecule has 0 radical (unpaired) electrons. The lowest BCUT2D eigenvalue weighted by atomic mass is 9.91. The summed E-state index contributed by atoms with van der Waals surface area (Å²) in [6, 6.07) is 1.95. The number of aromatic nitrogens is 3. The smallest absolute Gasteiger partial charge is 0.274 e. The Kier molecular flexibility index (Phi) is 4.52. The van der Waals surface area contributed by atoms with Crippen molar-refractivity contribution in [2.24, 2.45) is 0 Å². The molecule has 1 aliphatic carbocycles. The number of imidazole rings is 1. The van der Waals surface area contributed by atoms with Crippen LogP contribution in [0.1, 0.15) is 42.1 Å². The summed E-state index contributed by atoms with van der Waals surface area (Å²) in [6.45, 7) is 7.77. The molecule has 2 aromatic heterocycles. The van der Waals surface area contributed by atoms with E-state index in [2.05, 4.69) is 27.3 Å². The number of hydrogen-bond donors (Lipinski definition) is 1. The Morgan fingerprint density at radius 1 is 1.38 bits per heavy atom. The van der Waals surface area contributed by atoms with Gasteiger partial charge in [0.2, 0.25) is 0 Å². The van der Waals surface area contributed by atoms with Gasteiger partial charge in [-0.2, -0.15) is 0 Å². The highest BCUT2D eigenvalue weighted by Crippen LogP contribution is 2.23. The van der Waals surface area contributed by atoms with Gasteiger partial charge in [-0.3, -0.25) is 9.20 Å². The molecule has 0 saturated heterocycles. The molecule has 0 unspecified atom stereocenters. The van der Waals surface area contributed by atoms with Crippen molar-refractivity contribution in [3.63, 3.8) is 0 Å². The average Bonchev–Trinajstić information content (AvgIpc) is 2.84. The first-order chi connectivity index (χ1) is 12.3. The van der Waals surface area contributed by atoms with Crippen LogP contribution in [0.2, 0.25) is 0 Å². The van der Waals surface area contributed by atoms with E-state index in [1.807, 2.05) is 56.4 Å². The van der Waals surface area contributed by atoms with Gasteiger partial charge in [0.1, 0.15) is 6.33 Å². The SMILES string of the molecule is C#CC1=CC(C(C)(C)NC(=O)c2ncn3c(C)cc(C)nc23)=CCC=C1. The number of carbonyl (C=O) groups excluding carboxylic acids is 1. The molecule has 0 aliphatic heterocycles. The second-order valence-electron chi connectivity index (χ2n) is 6.95. The van der Waals surface area contributed by atoms with Crippen LogP contribution in [0.25, 0.3) is 5.65 Å². The van der Waals surface area contributed by atoms with Crippen LogP contribution in [0.5, 0.6) is 0 Å². The summed E-state index contributed by atoms with van der Waals surface area (Å²) in [4.78, 5) is 21.7. The van der Waals surface area contributed by atoms with E-state index >= 15 is 0 Å². The molecule has 0 bridgehead atoms. The molecule has 2 aromatic rings. The van der Waals surface area contributed by atoms with Gasteiger partial charge in [0, 0.05) is 17.0 Å². The van der Waals surface area contributed by atoms with E-state index in [0.717, 1.165) is 29.0 Å². The standard InChI is InChI=1S/C21H22N4O/c1-6-16-9-7-8-10-17(12-16)21(4,5)24-20(26)18-19-23-14(2)11-15(3)25(19)13-22-18/h1,7,9-13H,8H2,2-5H3,(H,24,26). The Labute approximate surface area is 153 Å². The van der Waals surface area contributed by atoms with E-state index in [0.29, 0.717) is 11.3 Å². The van der Waals surface area contributed by atoms with Crippen LogP contribution < -0.4 is 5.32 Å². The summed E-state index contributed by atoms with van der Waals surface area (Å²) < 4.78 is 1.82. The second kappa shape index (κ2) is 6.64. The monoisotopic (exact) mass is 346 g/mol. The normalized spacial score (nSPS) is 14.4. The molecular weight excluding hydrogens is 324 g/mol. The fraction of sp³-hybridized carbons (Fsp3) is 0.286. The van der Waals surface area contributed by atoms with Gasteiger partial charge in [0.05, 0.1) is 5.54 Å². The molecule has 0 spiro atoms. The third-order valence-electron chi connectivity index (χ3n) is 4.43. The van der Waals surface area contributed by atoms with Crippen LogP contribution in [0.15, 0.2) is 47.8 Å². The zero-order valence-electron chi connectivity index (χ0n) is 15.5. The maximum absolute atomic E-state index is 12.9. The van der Waals surface area contributed by atoms with Crippen LogP contribution >= 0.6 is 0 Å². The van der Waals surface area contributed by atoms with Crippen LogP contribution in [-0.4, -0.2) is 25.8 Å². The highest BCUT2D eigenvalue weighted by atomic mass is 16.2. The topological polar surface area (TPSA) is 59.3 Å². The Balaban J connectivity index is 1.93. The molecule has 5 heteroatoms. The van der Waals surface area contributed by atoms with E-state index in [9.17, 15) is 4.79 Å². The minimum absolute atomic E-state index is 0.260. The van der Waals surface area contributed by atoms with Gasteiger partial charge in [-0.1, -0.05) is 24.1 Å². The highest BCUT2D eigenvalue weighted by Gasteiger charge is 2.27. The summed E-state index contributed by atoms with van der Waals surface area (Å²) in [5.41, 5.74) is 3.87. The van der Waals surface area contributed by atoms with Gasteiger partial charge in [-0.15, -0.1) is 6.42 Å². The molecule has 5 nitrogen and oxygen atoms in total. The Hall–Kier alpha value is -3.13. The Morgan fingerprint density at radius 2 is 2.15 bits per heavy atom. The van der Waals surface area contributed by atoms with Gasteiger partial charge in [-0.05, 0) is 51.8 Å². The van der Waals surface area contributed by atoms with Crippen LogP contribution in [0.4, 0.5) is 0 Å². The summed E-state index contributed by atoms with van der Waals surface area (Å²) >= 11 is 0. The van der Waals surface area contributed by atoms with Gasteiger partial charge < -0.3 is 5.32 Å². The van der Waals surface area contributed by atoms with Gasteiger partial charge in [0.25, 0.3) is 5.91 Å².